The molecule has 0 aliphatic carbocycles. The predicted octanol–water partition coefficient (Wildman–Crippen LogP) is 3.97. The van der Waals surface area contributed by atoms with Crippen molar-refractivity contribution >= 4 is 55.8 Å². The van der Waals surface area contributed by atoms with Gasteiger partial charge in [-0.3, -0.25) is 0 Å². The Balaban J connectivity index is 1.57. The van der Waals surface area contributed by atoms with Gasteiger partial charge in [-0.15, -0.1) is 4.68 Å². The van der Waals surface area contributed by atoms with Crippen LogP contribution >= 0.6 is 0 Å². The zero-order chi connectivity index (χ0) is 20.6. The molecule has 0 N–H and O–H groups in total. The largest absolute Gasteiger partial charge is 0.376 e. The van der Waals surface area contributed by atoms with Gasteiger partial charge in [-0.25, -0.2) is 9.49 Å². The predicted molar refractivity (Wildman–Crippen MR) is 131 cm³/mol. The Morgan fingerprint density at radius 1 is 0.688 bits per heavy atom. The van der Waals surface area contributed by atoms with E-state index in [0.29, 0.717) is 0 Å². The van der Waals surface area contributed by atoms with Crippen LogP contribution in [-0.4, -0.2) is 11.5 Å². The quantitative estimate of drug-likeness (QED) is 0.211. The molecule has 4 heterocycles. The van der Waals surface area contributed by atoms with Crippen molar-refractivity contribution in [2.24, 2.45) is 0 Å². The lowest BCUT2D eigenvalue weighted by molar-refractivity contribution is -0.671. The van der Waals surface area contributed by atoms with E-state index in [1.165, 1.54) is 65.9 Å². The van der Waals surface area contributed by atoms with Crippen LogP contribution in [0.5, 0.6) is 0 Å². The van der Waals surface area contributed by atoms with E-state index in [1.807, 2.05) is 0 Å². The number of hydrogen-bond donors (Lipinski definition) is 0. The van der Waals surface area contributed by atoms with E-state index in [4.69, 9.17) is 0 Å². The van der Waals surface area contributed by atoms with Crippen molar-refractivity contribution in [1.29, 1.82) is 0 Å². The summed E-state index contributed by atoms with van der Waals surface area (Å²) in [5.74, 6) is 1.31. The topological polar surface area (TPSA) is 12.1 Å². The third kappa shape index (κ3) is 1.55. The second-order valence-electron chi connectivity index (χ2n) is 9.24. The molecule has 0 bridgehead atoms. The minimum atomic E-state index is 0.166. The van der Waals surface area contributed by atoms with Gasteiger partial charge in [0.15, 0.2) is 6.20 Å². The van der Waals surface area contributed by atoms with Gasteiger partial charge in [-0.2, -0.15) is 0 Å². The maximum atomic E-state index is 2.53. The first kappa shape index (κ1) is 15.7. The van der Waals surface area contributed by atoms with Crippen LogP contribution in [0.4, 0.5) is 5.69 Å². The first-order chi connectivity index (χ1) is 15.9. The maximum Gasteiger partial charge on any atom is 0.376 e. The van der Waals surface area contributed by atoms with Crippen LogP contribution in [0.1, 0.15) is 5.56 Å². The fourth-order valence-electron chi connectivity index (χ4n) is 6.70. The second-order valence-corrected chi connectivity index (χ2v) is 9.24. The van der Waals surface area contributed by atoms with Gasteiger partial charge in [0.1, 0.15) is 12.7 Å². The van der Waals surface area contributed by atoms with Gasteiger partial charge < -0.3 is 0 Å². The Morgan fingerprint density at radius 2 is 1.41 bits per heavy atom. The molecule has 0 atom stereocenters. The number of benzene rings is 5. The van der Waals surface area contributed by atoms with Gasteiger partial charge in [0.05, 0.1) is 11.3 Å². The van der Waals surface area contributed by atoms with Gasteiger partial charge in [0.25, 0.3) is 0 Å². The average molecular weight is 406 g/mol. The van der Waals surface area contributed by atoms with E-state index in [2.05, 4.69) is 105 Å². The average Bonchev–Trinajstić information content (AvgIpc) is 3.43. The number of fused-ring (bicyclic) bond motifs is 8. The van der Waals surface area contributed by atoms with Crippen molar-refractivity contribution in [2.75, 3.05) is 4.92 Å². The minimum absolute atomic E-state index is 0.166. The fourth-order valence-corrected chi connectivity index (χ4v) is 6.70. The minimum Gasteiger partial charge on any atom is -0.248 e. The van der Waals surface area contributed by atoms with Crippen molar-refractivity contribution in [3.05, 3.63) is 96.8 Å². The van der Waals surface area contributed by atoms with E-state index in [9.17, 15) is 0 Å². The molecule has 0 unspecified atom stereocenters. The van der Waals surface area contributed by atoms with Gasteiger partial charge >= 0.3 is 12.7 Å². The van der Waals surface area contributed by atoms with Crippen LogP contribution in [-0.2, 0) is 6.54 Å². The Labute approximate surface area is 184 Å². The number of aromatic nitrogens is 2. The second kappa shape index (κ2) is 5.05. The molecule has 0 radical (unpaired) electrons. The molecule has 3 aliphatic rings. The van der Waals surface area contributed by atoms with Crippen LogP contribution in [0.3, 0.4) is 0 Å². The molecule has 1 aromatic heterocycles. The summed E-state index contributed by atoms with van der Waals surface area (Å²) >= 11 is 0. The lowest BCUT2D eigenvalue weighted by Gasteiger charge is -2.37. The van der Waals surface area contributed by atoms with Crippen LogP contribution in [0.25, 0.3) is 43.7 Å². The Hall–Kier alpha value is -4.05. The number of imidazole rings is 1. The molecular weight excluding hydrogens is 389 g/mol. The summed E-state index contributed by atoms with van der Waals surface area (Å²) in [4.78, 5) is 2.53. The Morgan fingerprint density at radius 3 is 2.28 bits per heavy atom. The summed E-state index contributed by atoms with van der Waals surface area (Å²) in [5.41, 5.74) is 6.98. The Bertz CT molecular complexity index is 1830. The van der Waals surface area contributed by atoms with Crippen molar-refractivity contribution in [3.63, 3.8) is 0 Å². The van der Waals surface area contributed by atoms with Crippen LogP contribution in [0, 0.1) is 0 Å². The molecule has 0 spiro atoms. The van der Waals surface area contributed by atoms with E-state index < -0.39 is 0 Å². The van der Waals surface area contributed by atoms with Gasteiger partial charge in [-0.1, -0.05) is 72.8 Å². The fraction of sp³-hybridized carbons (Fsp3) is 0.0357. The molecule has 6 aromatic rings. The van der Waals surface area contributed by atoms with Gasteiger partial charge in [-0.05, 0) is 43.9 Å². The summed E-state index contributed by atoms with van der Waals surface area (Å²) in [6.45, 7) is 1.12. The van der Waals surface area contributed by atoms with Crippen LogP contribution in [0.15, 0.2) is 91.3 Å². The number of hydrogen-bond acceptors (Lipinski definition) is 1. The molecule has 32 heavy (non-hydrogen) atoms. The van der Waals surface area contributed by atoms with Crippen molar-refractivity contribution < 1.29 is 4.57 Å². The normalized spacial score (nSPS) is 14.6. The monoisotopic (exact) mass is 406 g/mol. The summed E-state index contributed by atoms with van der Waals surface area (Å²) in [6.07, 6.45) is 4.48. The summed E-state index contributed by atoms with van der Waals surface area (Å²) in [6, 6.07) is 29.5. The number of anilines is 1. The first-order valence-corrected chi connectivity index (χ1v) is 11.3. The number of rotatable bonds is 0. The molecule has 3 aliphatic heterocycles. The lowest BCUT2D eigenvalue weighted by Crippen LogP contribution is -2.63. The SMILES string of the molecule is c1cc2c3c(c1)B1c4cccc5c6ccccc6c6cccc(c6c45)N1n1cc[n+](c1-3)C2. The Kier molecular flexibility index (Phi) is 2.48. The smallest absolute Gasteiger partial charge is 0.248 e. The highest BCUT2D eigenvalue weighted by Gasteiger charge is 2.49. The highest BCUT2D eigenvalue weighted by Crippen LogP contribution is 2.44. The van der Waals surface area contributed by atoms with Crippen LogP contribution < -0.4 is 20.4 Å². The first-order valence-electron chi connectivity index (χ1n) is 11.3. The molecule has 0 saturated carbocycles. The van der Waals surface area contributed by atoms with E-state index >= 15 is 0 Å². The molecule has 146 valence electrons. The summed E-state index contributed by atoms with van der Waals surface area (Å²) in [5, 5.41) is 8.16. The van der Waals surface area contributed by atoms with Crippen molar-refractivity contribution in [1.82, 2.24) is 4.68 Å². The molecule has 4 heteroatoms. The third-order valence-corrected chi connectivity index (χ3v) is 7.83. The number of nitrogens with zero attached hydrogens (tertiary/aromatic N) is 3. The van der Waals surface area contributed by atoms with E-state index in [-0.39, 0.29) is 6.85 Å². The molecule has 5 aromatic carbocycles. The highest BCUT2D eigenvalue weighted by molar-refractivity contribution is 6.92. The molecule has 3 nitrogen and oxygen atoms in total. The van der Waals surface area contributed by atoms with Crippen molar-refractivity contribution in [3.8, 4) is 11.4 Å². The molecule has 0 fully saturated rings. The van der Waals surface area contributed by atoms with E-state index in [0.717, 1.165) is 6.54 Å². The molecule has 0 amide bonds. The molecule has 0 saturated heterocycles. The van der Waals surface area contributed by atoms with Gasteiger partial charge in [0, 0.05) is 10.9 Å². The molecular formula is C28H17BN3+. The third-order valence-electron chi connectivity index (χ3n) is 7.83. The summed E-state index contributed by atoms with van der Waals surface area (Å²) < 4.78 is 4.79. The molecule has 9 rings (SSSR count). The maximum absolute atomic E-state index is 2.53. The zero-order valence-corrected chi connectivity index (χ0v) is 17.3. The zero-order valence-electron chi connectivity index (χ0n) is 17.3. The van der Waals surface area contributed by atoms with Crippen LogP contribution in [0.2, 0.25) is 0 Å². The standard InChI is InChI=1S/C28H17BN3/c1-2-8-19-18(7-1)20-9-4-12-23-26(20)27-21(19)10-5-13-24(27)32-29(23)22-11-3-6-17-16-30-14-15-31(32)28(30)25(17)22/h1-15H,16H2/q+1. The lowest BCUT2D eigenvalue weighted by atomic mass is 9.45. The van der Waals surface area contributed by atoms with E-state index in [1.54, 1.807) is 0 Å². The van der Waals surface area contributed by atoms with Gasteiger partial charge in [0.2, 0.25) is 0 Å². The highest BCUT2D eigenvalue weighted by atomic mass is 15.5. The summed E-state index contributed by atoms with van der Waals surface area (Å²) in [7, 11) is 0. The van der Waals surface area contributed by atoms with Crippen molar-refractivity contribution in [2.45, 2.75) is 6.54 Å².